The highest BCUT2D eigenvalue weighted by atomic mass is 32.1. The maximum absolute atomic E-state index is 13.0. The van der Waals surface area contributed by atoms with Crippen molar-refractivity contribution in [2.24, 2.45) is 7.05 Å². The quantitative estimate of drug-likeness (QED) is 0.526. The molecule has 0 N–H and O–H groups in total. The fraction of sp³-hybridized carbons (Fsp3) is 0.263. The molecular weight excluding hydrogens is 378 g/mol. The number of aryl methyl sites for hydroxylation is 1. The summed E-state index contributed by atoms with van der Waals surface area (Å²) in [6, 6.07) is 9.37. The number of carbonyl (C=O) groups is 1. The normalized spacial score (nSPS) is 16.8. The van der Waals surface area contributed by atoms with Gasteiger partial charge in [0.25, 0.3) is 11.8 Å². The lowest BCUT2D eigenvalue weighted by molar-refractivity contribution is 0.0779. The number of amides is 1. The first-order valence-corrected chi connectivity index (χ1v) is 9.81. The SMILES string of the molecule is Cn1nc(-c2cccs2)cc1C(=O)N1CC[C@H](c2noc(-c3ccco3)n2)C1. The van der Waals surface area contributed by atoms with Crippen LogP contribution in [0.3, 0.4) is 0 Å². The molecule has 1 saturated heterocycles. The lowest BCUT2D eigenvalue weighted by Crippen LogP contribution is -2.30. The van der Waals surface area contributed by atoms with Crippen LogP contribution in [0.2, 0.25) is 0 Å². The second-order valence-electron chi connectivity index (χ2n) is 6.69. The van der Waals surface area contributed by atoms with E-state index in [0.29, 0.717) is 36.3 Å². The van der Waals surface area contributed by atoms with E-state index in [1.54, 1.807) is 41.5 Å². The average molecular weight is 395 g/mol. The number of thiophene rings is 1. The average Bonchev–Trinajstić information content (AvgIpc) is 3.52. The molecule has 1 amide bonds. The van der Waals surface area contributed by atoms with Gasteiger partial charge in [-0.1, -0.05) is 11.2 Å². The van der Waals surface area contributed by atoms with Gasteiger partial charge in [-0.2, -0.15) is 10.1 Å². The van der Waals surface area contributed by atoms with Crippen LogP contribution in [0.25, 0.3) is 22.2 Å². The molecule has 0 bridgehead atoms. The van der Waals surface area contributed by atoms with Gasteiger partial charge in [-0.15, -0.1) is 11.3 Å². The molecule has 5 heterocycles. The van der Waals surface area contributed by atoms with Crippen LogP contribution in [0, 0.1) is 0 Å². The van der Waals surface area contributed by atoms with Crippen LogP contribution in [0.4, 0.5) is 0 Å². The highest BCUT2D eigenvalue weighted by Gasteiger charge is 2.32. The smallest absolute Gasteiger partial charge is 0.293 e. The van der Waals surface area contributed by atoms with Crippen LogP contribution in [-0.2, 0) is 7.05 Å². The van der Waals surface area contributed by atoms with Crippen LogP contribution in [-0.4, -0.2) is 43.8 Å². The molecule has 0 aromatic carbocycles. The zero-order valence-corrected chi connectivity index (χ0v) is 15.9. The predicted octanol–water partition coefficient (Wildman–Crippen LogP) is 3.42. The highest BCUT2D eigenvalue weighted by molar-refractivity contribution is 7.13. The zero-order valence-electron chi connectivity index (χ0n) is 15.1. The molecule has 1 atom stereocenters. The topological polar surface area (TPSA) is 90.2 Å². The maximum Gasteiger partial charge on any atom is 0.293 e. The van der Waals surface area contributed by atoms with Crippen molar-refractivity contribution in [2.75, 3.05) is 13.1 Å². The monoisotopic (exact) mass is 395 g/mol. The van der Waals surface area contributed by atoms with Gasteiger partial charge in [-0.3, -0.25) is 9.48 Å². The van der Waals surface area contributed by atoms with Gasteiger partial charge >= 0.3 is 0 Å². The Labute approximate surface area is 164 Å². The van der Waals surface area contributed by atoms with E-state index in [4.69, 9.17) is 8.94 Å². The molecule has 5 rings (SSSR count). The Morgan fingerprint density at radius 3 is 3.04 bits per heavy atom. The van der Waals surface area contributed by atoms with Crippen molar-refractivity contribution in [1.29, 1.82) is 0 Å². The van der Waals surface area contributed by atoms with Crippen molar-refractivity contribution < 1.29 is 13.7 Å². The van der Waals surface area contributed by atoms with Gasteiger partial charge in [-0.25, -0.2) is 0 Å². The molecule has 0 aliphatic carbocycles. The van der Waals surface area contributed by atoms with Gasteiger partial charge in [0.15, 0.2) is 11.6 Å². The van der Waals surface area contributed by atoms with E-state index in [-0.39, 0.29) is 11.8 Å². The van der Waals surface area contributed by atoms with Crippen molar-refractivity contribution in [1.82, 2.24) is 24.8 Å². The molecule has 1 aliphatic rings. The second-order valence-corrected chi connectivity index (χ2v) is 7.64. The van der Waals surface area contributed by atoms with Gasteiger partial charge in [0.05, 0.1) is 11.1 Å². The molecule has 28 heavy (non-hydrogen) atoms. The standard InChI is InChI=1S/C19H17N5O3S/c1-23-14(10-13(21-23)16-5-3-9-28-16)19(25)24-7-6-12(11-24)17-20-18(27-22-17)15-4-2-8-26-15/h2-5,8-10,12H,6-7,11H2,1H3/t12-/m0/s1. The second kappa shape index (κ2) is 6.75. The minimum atomic E-state index is -0.0324. The van der Waals surface area contributed by atoms with Crippen LogP contribution >= 0.6 is 11.3 Å². The first kappa shape index (κ1) is 16.9. The summed E-state index contributed by atoms with van der Waals surface area (Å²) < 4.78 is 12.2. The molecule has 4 aromatic heterocycles. The van der Waals surface area contributed by atoms with E-state index in [9.17, 15) is 4.79 Å². The van der Waals surface area contributed by atoms with Crippen molar-refractivity contribution in [3.8, 4) is 22.2 Å². The lowest BCUT2D eigenvalue weighted by atomic mass is 10.1. The Balaban J connectivity index is 1.32. The Hall–Kier alpha value is -3.20. The predicted molar refractivity (Wildman–Crippen MR) is 102 cm³/mol. The minimum absolute atomic E-state index is 0.0324. The Morgan fingerprint density at radius 2 is 2.25 bits per heavy atom. The molecule has 0 unspecified atom stereocenters. The van der Waals surface area contributed by atoms with Crippen molar-refractivity contribution >= 4 is 17.2 Å². The van der Waals surface area contributed by atoms with Crippen LogP contribution in [0.15, 0.2) is 50.9 Å². The van der Waals surface area contributed by atoms with E-state index in [1.807, 2.05) is 28.5 Å². The van der Waals surface area contributed by atoms with Gasteiger partial charge in [0.1, 0.15) is 11.4 Å². The van der Waals surface area contributed by atoms with E-state index in [0.717, 1.165) is 17.0 Å². The zero-order chi connectivity index (χ0) is 19.1. The molecule has 0 radical (unpaired) electrons. The van der Waals surface area contributed by atoms with Crippen molar-refractivity contribution in [3.05, 3.63) is 53.5 Å². The Kier molecular flexibility index (Phi) is 4.09. The highest BCUT2D eigenvalue weighted by Crippen LogP contribution is 2.29. The molecule has 142 valence electrons. The fourth-order valence-electron chi connectivity index (χ4n) is 3.43. The number of hydrogen-bond acceptors (Lipinski definition) is 7. The van der Waals surface area contributed by atoms with E-state index in [2.05, 4.69) is 15.2 Å². The largest absolute Gasteiger partial charge is 0.459 e. The summed E-state index contributed by atoms with van der Waals surface area (Å²) in [6.45, 7) is 1.20. The molecule has 1 fully saturated rings. The molecule has 1 aliphatic heterocycles. The number of furan rings is 1. The van der Waals surface area contributed by atoms with Crippen LogP contribution in [0.1, 0.15) is 28.7 Å². The van der Waals surface area contributed by atoms with Crippen LogP contribution < -0.4 is 0 Å². The first-order valence-electron chi connectivity index (χ1n) is 8.93. The summed E-state index contributed by atoms with van der Waals surface area (Å²) in [7, 11) is 1.80. The third-order valence-corrected chi connectivity index (χ3v) is 5.78. The molecule has 0 saturated carbocycles. The van der Waals surface area contributed by atoms with Crippen molar-refractivity contribution in [2.45, 2.75) is 12.3 Å². The molecule has 9 heteroatoms. The van der Waals surface area contributed by atoms with E-state index < -0.39 is 0 Å². The Bertz CT molecular complexity index is 1100. The van der Waals surface area contributed by atoms with E-state index in [1.165, 1.54) is 0 Å². The maximum atomic E-state index is 13.0. The fourth-order valence-corrected chi connectivity index (χ4v) is 4.11. The lowest BCUT2D eigenvalue weighted by Gasteiger charge is -2.15. The number of likely N-dealkylation sites (tertiary alicyclic amines) is 1. The number of nitrogens with zero attached hydrogens (tertiary/aromatic N) is 5. The number of aromatic nitrogens is 4. The molecule has 4 aromatic rings. The summed E-state index contributed by atoms with van der Waals surface area (Å²) in [4.78, 5) is 20.3. The summed E-state index contributed by atoms with van der Waals surface area (Å²) >= 11 is 1.61. The van der Waals surface area contributed by atoms with Crippen molar-refractivity contribution in [3.63, 3.8) is 0 Å². The molecule has 8 nitrogen and oxygen atoms in total. The van der Waals surface area contributed by atoms with Gasteiger partial charge < -0.3 is 13.8 Å². The minimum Gasteiger partial charge on any atom is -0.459 e. The molecular formula is C19H17N5O3S. The van der Waals surface area contributed by atoms with Gasteiger partial charge in [-0.05, 0) is 36.1 Å². The van der Waals surface area contributed by atoms with Gasteiger partial charge in [0, 0.05) is 26.1 Å². The van der Waals surface area contributed by atoms with Crippen LogP contribution in [0.5, 0.6) is 0 Å². The first-order chi connectivity index (χ1) is 13.7. The summed E-state index contributed by atoms with van der Waals surface area (Å²) in [5.74, 6) is 1.51. The number of rotatable bonds is 4. The number of carbonyl (C=O) groups excluding carboxylic acids is 1. The van der Waals surface area contributed by atoms with E-state index >= 15 is 0 Å². The summed E-state index contributed by atoms with van der Waals surface area (Å²) in [5, 5.41) is 10.6. The third-order valence-electron chi connectivity index (χ3n) is 4.89. The van der Waals surface area contributed by atoms with Gasteiger partial charge in [0.2, 0.25) is 0 Å². The number of hydrogen-bond donors (Lipinski definition) is 0. The summed E-state index contributed by atoms with van der Waals surface area (Å²) in [5.41, 5.74) is 1.39. The summed E-state index contributed by atoms with van der Waals surface area (Å²) in [6.07, 6.45) is 2.35. The molecule has 0 spiro atoms. The Morgan fingerprint density at radius 1 is 1.32 bits per heavy atom. The third kappa shape index (κ3) is 2.93.